The molecule has 6 nitrogen and oxygen atoms in total. The number of carbonyl (C=O) groups excluding carboxylic acids is 2. The zero-order valence-electron chi connectivity index (χ0n) is 14.0. The highest BCUT2D eigenvalue weighted by molar-refractivity contribution is 5.81. The van der Waals surface area contributed by atoms with E-state index in [-0.39, 0.29) is 12.2 Å². The predicted octanol–water partition coefficient (Wildman–Crippen LogP) is 2.93. The number of hydrogen-bond acceptors (Lipinski definition) is 5. The fraction of sp³-hybridized carbons (Fsp3) is 0.500. The number of esters is 1. The molecule has 0 bridgehead atoms. The number of phenols is 1. The maximum absolute atomic E-state index is 12.2. The number of ether oxygens (including phenoxy) is 2. The van der Waals surface area contributed by atoms with Gasteiger partial charge in [-0.15, -0.1) is 0 Å². The molecule has 1 aromatic rings. The highest BCUT2D eigenvalue weighted by atomic mass is 19.4. The summed E-state index contributed by atoms with van der Waals surface area (Å²) in [5.41, 5.74) is -0.342. The van der Waals surface area contributed by atoms with Crippen LogP contribution in [0.15, 0.2) is 24.3 Å². The highest BCUT2D eigenvalue weighted by Crippen LogP contribution is 2.16. The van der Waals surface area contributed by atoms with Crippen LogP contribution in [0.4, 0.5) is 18.0 Å². The molecule has 0 radical (unpaired) electrons. The molecule has 0 fully saturated rings. The van der Waals surface area contributed by atoms with Gasteiger partial charge >= 0.3 is 18.2 Å². The minimum Gasteiger partial charge on any atom is -0.508 e. The topological polar surface area (TPSA) is 84.9 Å². The van der Waals surface area contributed by atoms with E-state index in [0.717, 1.165) is 0 Å². The number of nitrogens with one attached hydrogen (secondary N) is 1. The van der Waals surface area contributed by atoms with Gasteiger partial charge in [-0.3, -0.25) is 0 Å². The van der Waals surface area contributed by atoms with Gasteiger partial charge in [-0.2, -0.15) is 13.2 Å². The van der Waals surface area contributed by atoms with Crippen LogP contribution in [0.5, 0.6) is 5.75 Å². The van der Waals surface area contributed by atoms with Gasteiger partial charge in [-0.1, -0.05) is 12.1 Å². The standard InChI is InChI=1S/C16H20F3NO5/c1-15(2,3)25-14(23)20-12(13(22)24-9-16(17,18)19)8-10-4-6-11(21)7-5-10/h4-7,12,21H,8-9H2,1-3H3,(H,20,23)/t12-/m0/s1. The molecule has 0 saturated carbocycles. The van der Waals surface area contributed by atoms with Crippen molar-refractivity contribution >= 4 is 12.1 Å². The Balaban J connectivity index is 2.83. The molecule has 0 heterocycles. The lowest BCUT2D eigenvalue weighted by Gasteiger charge is -2.23. The number of hydrogen-bond donors (Lipinski definition) is 2. The van der Waals surface area contributed by atoms with E-state index < -0.39 is 36.5 Å². The van der Waals surface area contributed by atoms with Crippen molar-refractivity contribution in [2.75, 3.05) is 6.61 Å². The third kappa shape index (κ3) is 8.83. The maximum Gasteiger partial charge on any atom is 0.422 e. The lowest BCUT2D eigenvalue weighted by Crippen LogP contribution is -2.46. The van der Waals surface area contributed by atoms with Crippen molar-refractivity contribution in [3.05, 3.63) is 29.8 Å². The Kier molecular flexibility index (Phi) is 6.66. The van der Waals surface area contributed by atoms with E-state index >= 15 is 0 Å². The smallest absolute Gasteiger partial charge is 0.422 e. The largest absolute Gasteiger partial charge is 0.508 e. The van der Waals surface area contributed by atoms with Crippen molar-refractivity contribution in [3.8, 4) is 5.75 Å². The van der Waals surface area contributed by atoms with E-state index in [2.05, 4.69) is 10.1 Å². The molecular weight excluding hydrogens is 343 g/mol. The average Bonchev–Trinajstić information content (AvgIpc) is 2.43. The van der Waals surface area contributed by atoms with Crippen LogP contribution in [0.1, 0.15) is 26.3 Å². The highest BCUT2D eigenvalue weighted by Gasteiger charge is 2.32. The van der Waals surface area contributed by atoms with Crippen LogP contribution < -0.4 is 5.32 Å². The molecule has 0 aliphatic rings. The van der Waals surface area contributed by atoms with Crippen LogP contribution in [0, 0.1) is 0 Å². The average molecular weight is 363 g/mol. The van der Waals surface area contributed by atoms with Crippen LogP contribution in [-0.2, 0) is 20.7 Å². The van der Waals surface area contributed by atoms with Gasteiger partial charge in [0.05, 0.1) is 0 Å². The molecular formula is C16H20F3NO5. The van der Waals surface area contributed by atoms with Crippen molar-refractivity contribution in [2.45, 2.75) is 45.0 Å². The lowest BCUT2D eigenvalue weighted by molar-refractivity contribution is -0.187. The third-order valence-electron chi connectivity index (χ3n) is 2.73. The van der Waals surface area contributed by atoms with Gasteiger partial charge in [0.15, 0.2) is 6.61 Å². The minimum atomic E-state index is -4.68. The van der Waals surface area contributed by atoms with Crippen molar-refractivity contribution in [1.29, 1.82) is 0 Å². The SMILES string of the molecule is CC(C)(C)OC(=O)N[C@@H](Cc1ccc(O)cc1)C(=O)OCC(F)(F)F. The zero-order chi connectivity index (χ0) is 19.3. The first-order valence-corrected chi connectivity index (χ1v) is 7.36. The van der Waals surface area contributed by atoms with Crippen LogP contribution in [-0.4, -0.2) is 41.6 Å². The minimum absolute atomic E-state index is 0.0138. The molecule has 140 valence electrons. The molecule has 9 heteroatoms. The Labute approximate surface area is 142 Å². The monoisotopic (exact) mass is 363 g/mol. The molecule has 1 amide bonds. The van der Waals surface area contributed by atoms with E-state index in [0.29, 0.717) is 5.56 Å². The van der Waals surface area contributed by atoms with Gasteiger partial charge in [-0.25, -0.2) is 9.59 Å². The molecule has 2 N–H and O–H groups in total. The Morgan fingerprint density at radius 2 is 1.72 bits per heavy atom. The van der Waals surface area contributed by atoms with Crippen molar-refractivity contribution in [1.82, 2.24) is 5.32 Å². The molecule has 25 heavy (non-hydrogen) atoms. The number of benzene rings is 1. The summed E-state index contributed by atoms with van der Waals surface area (Å²) in [6, 6.07) is 4.26. The number of phenolic OH excluding ortho intramolecular Hbond substituents is 1. The first-order valence-electron chi connectivity index (χ1n) is 7.36. The number of alkyl halides is 3. The van der Waals surface area contributed by atoms with Gasteiger partial charge in [0.25, 0.3) is 0 Å². The van der Waals surface area contributed by atoms with Crippen LogP contribution in [0.2, 0.25) is 0 Å². The van der Waals surface area contributed by atoms with Crippen LogP contribution >= 0.6 is 0 Å². The van der Waals surface area contributed by atoms with E-state index in [4.69, 9.17) is 4.74 Å². The Morgan fingerprint density at radius 3 is 2.20 bits per heavy atom. The quantitative estimate of drug-likeness (QED) is 0.786. The van der Waals surface area contributed by atoms with E-state index in [9.17, 15) is 27.9 Å². The van der Waals surface area contributed by atoms with Gasteiger partial charge < -0.3 is 19.9 Å². The van der Waals surface area contributed by atoms with Crippen molar-refractivity contribution in [3.63, 3.8) is 0 Å². The van der Waals surface area contributed by atoms with Crippen LogP contribution in [0.25, 0.3) is 0 Å². The van der Waals surface area contributed by atoms with Crippen LogP contribution in [0.3, 0.4) is 0 Å². The second-order valence-corrected chi connectivity index (χ2v) is 6.29. The third-order valence-corrected chi connectivity index (χ3v) is 2.73. The summed E-state index contributed by atoms with van der Waals surface area (Å²) in [7, 11) is 0. The Morgan fingerprint density at radius 1 is 1.16 bits per heavy atom. The summed E-state index contributed by atoms with van der Waals surface area (Å²) >= 11 is 0. The van der Waals surface area contributed by atoms with Gasteiger partial charge in [0, 0.05) is 6.42 Å². The number of carbonyl (C=O) groups is 2. The molecule has 0 aliphatic heterocycles. The molecule has 0 spiro atoms. The zero-order valence-corrected chi connectivity index (χ0v) is 14.0. The summed E-state index contributed by atoms with van der Waals surface area (Å²) in [5.74, 6) is -1.25. The van der Waals surface area contributed by atoms with Crippen molar-refractivity contribution in [2.24, 2.45) is 0 Å². The summed E-state index contributed by atoms with van der Waals surface area (Å²) < 4.78 is 45.9. The summed E-state index contributed by atoms with van der Waals surface area (Å²) in [6.45, 7) is 3.05. The van der Waals surface area contributed by atoms with E-state index in [1.807, 2.05) is 0 Å². The summed E-state index contributed by atoms with van der Waals surface area (Å²) in [5, 5.41) is 11.4. The fourth-order valence-corrected chi connectivity index (χ4v) is 1.76. The fourth-order valence-electron chi connectivity index (χ4n) is 1.76. The molecule has 1 rings (SSSR count). The molecule has 0 aliphatic carbocycles. The van der Waals surface area contributed by atoms with Gasteiger partial charge in [-0.05, 0) is 38.5 Å². The Hall–Kier alpha value is -2.45. The Bertz CT molecular complexity index is 593. The number of aromatic hydroxyl groups is 1. The molecule has 1 aromatic carbocycles. The molecule has 0 aromatic heterocycles. The summed E-state index contributed by atoms with van der Waals surface area (Å²) in [6.07, 6.45) is -5.76. The number of halogens is 3. The van der Waals surface area contributed by atoms with Gasteiger partial charge in [0.2, 0.25) is 0 Å². The predicted molar refractivity (Wildman–Crippen MR) is 82.0 cm³/mol. The second-order valence-electron chi connectivity index (χ2n) is 6.29. The van der Waals surface area contributed by atoms with E-state index in [1.54, 1.807) is 20.8 Å². The van der Waals surface area contributed by atoms with E-state index in [1.165, 1.54) is 24.3 Å². The summed E-state index contributed by atoms with van der Waals surface area (Å²) in [4.78, 5) is 23.7. The number of alkyl carbamates (subject to hydrolysis) is 1. The van der Waals surface area contributed by atoms with Gasteiger partial charge in [0.1, 0.15) is 17.4 Å². The number of rotatable bonds is 5. The molecule has 1 atom stereocenters. The maximum atomic E-state index is 12.2. The first-order chi connectivity index (χ1) is 11.4. The normalized spacial score (nSPS) is 13.0. The molecule has 0 saturated heterocycles. The lowest BCUT2D eigenvalue weighted by atomic mass is 10.1. The molecule has 0 unspecified atom stereocenters. The van der Waals surface area contributed by atoms with Crippen molar-refractivity contribution < 1.29 is 37.3 Å². The number of amides is 1. The first kappa shape index (κ1) is 20.6. The second kappa shape index (κ2) is 8.09.